The van der Waals surface area contributed by atoms with Crippen LogP contribution in [0.15, 0.2) is 12.1 Å². The molecule has 2 N–H and O–H groups in total. The van der Waals surface area contributed by atoms with Crippen molar-refractivity contribution in [3.8, 4) is 0 Å². The van der Waals surface area contributed by atoms with Crippen LogP contribution in [-0.4, -0.2) is 36.1 Å². The number of carboxylic acids is 1. The zero-order chi connectivity index (χ0) is 15.4. The van der Waals surface area contributed by atoms with Crippen LogP contribution >= 0.6 is 0 Å². The maximum Gasteiger partial charge on any atom is 0.336 e. The second kappa shape index (κ2) is 6.18. The van der Waals surface area contributed by atoms with Crippen molar-refractivity contribution in [2.24, 2.45) is 0 Å². The average molecular weight is 279 g/mol. The van der Waals surface area contributed by atoms with Gasteiger partial charge in [0.05, 0.1) is 18.2 Å². The number of amides is 1. The Bertz CT molecular complexity index is 565. The zero-order valence-electron chi connectivity index (χ0n) is 11.8. The number of esters is 1. The summed E-state index contributed by atoms with van der Waals surface area (Å²) in [5.74, 6) is -2.39. The minimum absolute atomic E-state index is 0.0560. The number of carboxylic acid groups (broad SMARTS) is 1. The molecule has 0 saturated carbocycles. The molecule has 0 bridgehead atoms. The molecule has 1 unspecified atom stereocenters. The van der Waals surface area contributed by atoms with E-state index in [0.717, 1.165) is 0 Å². The van der Waals surface area contributed by atoms with Crippen LogP contribution in [0.1, 0.15) is 38.8 Å². The van der Waals surface area contributed by atoms with E-state index in [4.69, 9.17) is 0 Å². The molecule has 0 heterocycles. The standard InChI is InChI=1S/C14H17NO5/c1-7-5-6-8(2)11(13(17)18)10(7)12(16)15-9(3)14(19)20-4/h5-6,9H,1-4H3,(H,15,16)(H,17,18). The molecule has 108 valence electrons. The molecule has 0 aliphatic heterocycles. The summed E-state index contributed by atoms with van der Waals surface area (Å²) in [6, 6.07) is 2.45. The van der Waals surface area contributed by atoms with Crippen molar-refractivity contribution in [2.75, 3.05) is 7.11 Å². The smallest absolute Gasteiger partial charge is 0.336 e. The van der Waals surface area contributed by atoms with Gasteiger partial charge < -0.3 is 15.2 Å². The van der Waals surface area contributed by atoms with Crippen molar-refractivity contribution in [3.05, 3.63) is 34.4 Å². The monoisotopic (exact) mass is 279 g/mol. The van der Waals surface area contributed by atoms with E-state index in [0.29, 0.717) is 11.1 Å². The van der Waals surface area contributed by atoms with Gasteiger partial charge in [-0.2, -0.15) is 0 Å². The summed E-state index contributed by atoms with van der Waals surface area (Å²) in [6.07, 6.45) is 0. The fourth-order valence-corrected chi connectivity index (χ4v) is 1.88. The summed E-state index contributed by atoms with van der Waals surface area (Å²) < 4.78 is 4.51. The van der Waals surface area contributed by atoms with E-state index < -0.39 is 23.9 Å². The van der Waals surface area contributed by atoms with Crippen molar-refractivity contribution in [1.82, 2.24) is 5.32 Å². The van der Waals surface area contributed by atoms with Crippen LogP contribution in [0.5, 0.6) is 0 Å². The second-order valence-electron chi connectivity index (χ2n) is 4.47. The summed E-state index contributed by atoms with van der Waals surface area (Å²) in [4.78, 5) is 34.8. The highest BCUT2D eigenvalue weighted by atomic mass is 16.5. The summed E-state index contributed by atoms with van der Waals surface area (Å²) in [7, 11) is 1.21. The lowest BCUT2D eigenvalue weighted by Crippen LogP contribution is -2.40. The second-order valence-corrected chi connectivity index (χ2v) is 4.47. The minimum atomic E-state index is -1.18. The fourth-order valence-electron chi connectivity index (χ4n) is 1.88. The summed E-state index contributed by atoms with van der Waals surface area (Å²) in [5, 5.41) is 11.7. The fraction of sp³-hybridized carbons (Fsp3) is 0.357. The molecule has 20 heavy (non-hydrogen) atoms. The summed E-state index contributed by atoms with van der Waals surface area (Å²) >= 11 is 0. The third-order valence-corrected chi connectivity index (χ3v) is 2.97. The van der Waals surface area contributed by atoms with Gasteiger partial charge in [0.15, 0.2) is 0 Å². The molecule has 1 atom stereocenters. The molecule has 1 amide bonds. The third kappa shape index (κ3) is 3.14. The van der Waals surface area contributed by atoms with Crippen LogP contribution in [0, 0.1) is 13.8 Å². The van der Waals surface area contributed by atoms with Gasteiger partial charge in [0, 0.05) is 0 Å². The summed E-state index contributed by atoms with van der Waals surface area (Å²) in [5.41, 5.74) is 1.02. The topological polar surface area (TPSA) is 92.7 Å². The predicted octanol–water partition coefficient (Wildman–Crippen LogP) is 1.29. The predicted molar refractivity (Wildman–Crippen MR) is 71.8 cm³/mol. The van der Waals surface area contributed by atoms with Gasteiger partial charge in [-0.1, -0.05) is 12.1 Å². The van der Waals surface area contributed by atoms with Crippen LogP contribution in [0.2, 0.25) is 0 Å². The minimum Gasteiger partial charge on any atom is -0.478 e. The van der Waals surface area contributed by atoms with Gasteiger partial charge in [-0.3, -0.25) is 4.79 Å². The van der Waals surface area contributed by atoms with Gasteiger partial charge in [-0.05, 0) is 31.9 Å². The lowest BCUT2D eigenvalue weighted by molar-refractivity contribution is -0.142. The molecule has 0 fully saturated rings. The molecule has 6 nitrogen and oxygen atoms in total. The molecule has 0 aliphatic carbocycles. The number of rotatable bonds is 4. The van der Waals surface area contributed by atoms with E-state index in [1.165, 1.54) is 14.0 Å². The molecular weight excluding hydrogens is 262 g/mol. The van der Waals surface area contributed by atoms with Crippen molar-refractivity contribution in [2.45, 2.75) is 26.8 Å². The Morgan fingerprint density at radius 2 is 1.65 bits per heavy atom. The van der Waals surface area contributed by atoms with Gasteiger partial charge >= 0.3 is 11.9 Å². The van der Waals surface area contributed by atoms with E-state index in [9.17, 15) is 19.5 Å². The first-order chi connectivity index (χ1) is 9.29. The van der Waals surface area contributed by atoms with Crippen LogP contribution < -0.4 is 5.32 Å². The zero-order valence-corrected chi connectivity index (χ0v) is 11.8. The van der Waals surface area contributed by atoms with Gasteiger partial charge in [0.2, 0.25) is 0 Å². The first-order valence-electron chi connectivity index (χ1n) is 6.01. The molecular formula is C14H17NO5. The molecule has 0 aliphatic rings. The SMILES string of the molecule is COC(=O)C(C)NC(=O)c1c(C)ccc(C)c1C(=O)O. The number of hydrogen-bond donors (Lipinski definition) is 2. The average Bonchev–Trinajstić information content (AvgIpc) is 2.39. The largest absolute Gasteiger partial charge is 0.478 e. The Hall–Kier alpha value is -2.37. The molecule has 0 spiro atoms. The molecule has 0 radical (unpaired) electrons. The number of benzene rings is 1. The van der Waals surface area contributed by atoms with Crippen LogP contribution in [0.4, 0.5) is 0 Å². The maximum absolute atomic E-state index is 12.2. The van der Waals surface area contributed by atoms with Gasteiger partial charge in [0.1, 0.15) is 6.04 Å². The van der Waals surface area contributed by atoms with E-state index in [-0.39, 0.29) is 11.1 Å². The first kappa shape index (κ1) is 15.7. The van der Waals surface area contributed by atoms with Gasteiger partial charge in [-0.25, -0.2) is 9.59 Å². The number of ether oxygens (including phenoxy) is 1. The number of methoxy groups -OCH3 is 1. The molecule has 1 aromatic carbocycles. The van der Waals surface area contributed by atoms with Gasteiger partial charge in [-0.15, -0.1) is 0 Å². The van der Waals surface area contributed by atoms with Crippen LogP contribution in [0.3, 0.4) is 0 Å². The van der Waals surface area contributed by atoms with Crippen molar-refractivity contribution in [1.29, 1.82) is 0 Å². The number of hydrogen-bond acceptors (Lipinski definition) is 4. The first-order valence-corrected chi connectivity index (χ1v) is 6.01. The van der Waals surface area contributed by atoms with Gasteiger partial charge in [0.25, 0.3) is 5.91 Å². The molecule has 0 aromatic heterocycles. The van der Waals surface area contributed by atoms with E-state index >= 15 is 0 Å². The lowest BCUT2D eigenvalue weighted by atomic mass is 9.96. The number of aromatic carboxylic acids is 1. The normalized spacial score (nSPS) is 11.6. The molecule has 1 aromatic rings. The third-order valence-electron chi connectivity index (χ3n) is 2.97. The van der Waals surface area contributed by atoms with E-state index in [1.807, 2.05) is 0 Å². The molecule has 0 saturated heterocycles. The number of nitrogens with one attached hydrogen (secondary N) is 1. The van der Waals surface area contributed by atoms with E-state index in [2.05, 4.69) is 10.1 Å². The number of aryl methyl sites for hydroxylation is 2. The Kier molecular flexibility index (Phi) is 4.85. The number of carbonyl (C=O) groups is 3. The highest BCUT2D eigenvalue weighted by molar-refractivity contribution is 6.07. The van der Waals surface area contributed by atoms with E-state index in [1.54, 1.807) is 26.0 Å². The Labute approximate surface area is 116 Å². The summed E-state index contributed by atoms with van der Waals surface area (Å²) in [6.45, 7) is 4.72. The Balaban J connectivity index is 3.19. The van der Waals surface area contributed by atoms with Crippen molar-refractivity contribution < 1.29 is 24.2 Å². The van der Waals surface area contributed by atoms with Crippen LogP contribution in [0.25, 0.3) is 0 Å². The van der Waals surface area contributed by atoms with Crippen molar-refractivity contribution >= 4 is 17.8 Å². The highest BCUT2D eigenvalue weighted by Gasteiger charge is 2.24. The van der Waals surface area contributed by atoms with Crippen molar-refractivity contribution in [3.63, 3.8) is 0 Å². The lowest BCUT2D eigenvalue weighted by Gasteiger charge is -2.15. The molecule has 6 heteroatoms. The molecule has 1 rings (SSSR count). The Morgan fingerprint density at radius 3 is 2.10 bits per heavy atom. The quantitative estimate of drug-likeness (QED) is 0.810. The maximum atomic E-state index is 12.2. The highest BCUT2D eigenvalue weighted by Crippen LogP contribution is 2.19. The van der Waals surface area contributed by atoms with Crippen LogP contribution in [-0.2, 0) is 9.53 Å². The Morgan fingerprint density at radius 1 is 1.15 bits per heavy atom. The number of carbonyl (C=O) groups excluding carboxylic acids is 2.